The molecular weight excluding hydrogens is 230 g/mol. The lowest BCUT2D eigenvalue weighted by molar-refractivity contribution is 0.397. The summed E-state index contributed by atoms with van der Waals surface area (Å²) in [5.74, 6) is 2.03. The largest absolute Gasteiger partial charge is 0.359 e. The molecule has 0 aromatic carbocycles. The zero-order valence-electron chi connectivity index (χ0n) is 10.7. The van der Waals surface area contributed by atoms with Crippen molar-refractivity contribution in [3.05, 3.63) is 0 Å². The number of thioether (sulfide) groups is 1. The highest BCUT2D eigenvalue weighted by Crippen LogP contribution is 2.37. The zero-order valence-corrected chi connectivity index (χ0v) is 11.6. The van der Waals surface area contributed by atoms with Crippen LogP contribution in [0.5, 0.6) is 0 Å². The van der Waals surface area contributed by atoms with E-state index < -0.39 is 0 Å². The maximum atomic E-state index is 4.80. The van der Waals surface area contributed by atoms with Crippen LogP contribution in [0.15, 0.2) is 4.99 Å². The quantitative estimate of drug-likeness (QED) is 0.815. The van der Waals surface area contributed by atoms with Crippen molar-refractivity contribution >= 4 is 16.9 Å². The van der Waals surface area contributed by atoms with Gasteiger partial charge in [0.15, 0.2) is 5.17 Å². The molecule has 3 fully saturated rings. The molecule has 1 saturated carbocycles. The lowest BCUT2D eigenvalue weighted by atomic mass is 10.0. The molecule has 4 heteroatoms. The smallest absolute Gasteiger partial charge is 0.157 e. The Hall–Kier alpha value is -0.220. The third-order valence-corrected chi connectivity index (χ3v) is 5.60. The summed E-state index contributed by atoms with van der Waals surface area (Å²) in [5, 5.41) is 4.92. The van der Waals surface area contributed by atoms with Gasteiger partial charge in [-0.25, -0.2) is 0 Å². The average molecular weight is 253 g/mol. The van der Waals surface area contributed by atoms with Crippen molar-refractivity contribution in [2.75, 3.05) is 32.4 Å². The Morgan fingerprint density at radius 1 is 1.47 bits per heavy atom. The van der Waals surface area contributed by atoms with Gasteiger partial charge < -0.3 is 10.2 Å². The topological polar surface area (TPSA) is 27.6 Å². The number of nitrogens with zero attached hydrogens (tertiary/aromatic N) is 2. The lowest BCUT2D eigenvalue weighted by Gasteiger charge is -2.21. The second-order valence-corrected chi connectivity index (χ2v) is 6.93. The molecule has 1 spiro atoms. The van der Waals surface area contributed by atoms with Gasteiger partial charge in [0, 0.05) is 24.4 Å². The van der Waals surface area contributed by atoms with Crippen LogP contribution < -0.4 is 5.32 Å². The van der Waals surface area contributed by atoms with Crippen LogP contribution in [0, 0.1) is 5.92 Å². The molecule has 2 saturated heterocycles. The standard InChI is InChI=1S/C13H23N3S/c1-16-7-4-11(9-16)8-14-12-15-13(10-17-12)5-2-3-6-13/h11H,2-10H2,1H3,(H,14,15). The maximum Gasteiger partial charge on any atom is 0.157 e. The van der Waals surface area contributed by atoms with E-state index in [0.717, 1.165) is 12.5 Å². The molecule has 3 rings (SSSR count). The molecule has 96 valence electrons. The van der Waals surface area contributed by atoms with Gasteiger partial charge >= 0.3 is 0 Å². The first-order chi connectivity index (χ1) is 8.26. The third kappa shape index (κ3) is 2.63. The first-order valence-corrected chi connectivity index (χ1v) is 7.88. The Kier molecular flexibility index (Phi) is 3.35. The van der Waals surface area contributed by atoms with Crippen LogP contribution in [0.4, 0.5) is 0 Å². The van der Waals surface area contributed by atoms with Gasteiger partial charge in [0.1, 0.15) is 0 Å². The van der Waals surface area contributed by atoms with Crippen LogP contribution in [0.1, 0.15) is 32.1 Å². The predicted molar refractivity (Wildman–Crippen MR) is 74.7 cm³/mol. The Morgan fingerprint density at radius 2 is 2.29 bits per heavy atom. The molecule has 0 amide bonds. The fourth-order valence-corrected chi connectivity index (χ4v) is 4.53. The van der Waals surface area contributed by atoms with E-state index in [0.29, 0.717) is 5.54 Å². The fourth-order valence-electron chi connectivity index (χ4n) is 3.30. The Bertz CT molecular complexity index is 310. The lowest BCUT2D eigenvalue weighted by Crippen LogP contribution is -2.40. The number of nitrogens with one attached hydrogen (secondary N) is 1. The monoisotopic (exact) mass is 253 g/mol. The minimum absolute atomic E-state index is 0.427. The minimum Gasteiger partial charge on any atom is -0.359 e. The summed E-state index contributed by atoms with van der Waals surface area (Å²) >= 11 is 1.95. The Morgan fingerprint density at radius 3 is 3.00 bits per heavy atom. The molecule has 1 atom stereocenters. The van der Waals surface area contributed by atoms with E-state index >= 15 is 0 Å². The molecular formula is C13H23N3S. The first kappa shape index (κ1) is 11.8. The number of hydrogen-bond donors (Lipinski definition) is 1. The van der Waals surface area contributed by atoms with Crippen LogP contribution in [0.2, 0.25) is 0 Å². The van der Waals surface area contributed by atoms with E-state index in [1.54, 1.807) is 0 Å². The van der Waals surface area contributed by atoms with Crippen molar-refractivity contribution < 1.29 is 0 Å². The van der Waals surface area contributed by atoms with Gasteiger partial charge in [-0.1, -0.05) is 24.6 Å². The van der Waals surface area contributed by atoms with E-state index in [9.17, 15) is 0 Å². The molecule has 1 aliphatic carbocycles. The van der Waals surface area contributed by atoms with Crippen molar-refractivity contribution in [3.8, 4) is 0 Å². The van der Waals surface area contributed by atoms with Crippen molar-refractivity contribution in [1.82, 2.24) is 10.2 Å². The van der Waals surface area contributed by atoms with E-state index in [4.69, 9.17) is 4.99 Å². The van der Waals surface area contributed by atoms with Gasteiger partial charge in [0.25, 0.3) is 0 Å². The highest BCUT2D eigenvalue weighted by atomic mass is 32.2. The molecule has 3 nitrogen and oxygen atoms in total. The summed E-state index contributed by atoms with van der Waals surface area (Å²) in [4.78, 5) is 7.22. The number of rotatable bonds is 2. The van der Waals surface area contributed by atoms with E-state index in [2.05, 4.69) is 17.3 Å². The van der Waals surface area contributed by atoms with Gasteiger partial charge in [-0.2, -0.15) is 0 Å². The molecule has 0 aromatic rings. The summed E-state index contributed by atoms with van der Waals surface area (Å²) < 4.78 is 0. The molecule has 0 aromatic heterocycles. The van der Waals surface area contributed by atoms with Gasteiger partial charge in [-0.05, 0) is 38.8 Å². The SMILES string of the molecule is CN1CCC(CN=C2NC3(CCCC3)CS2)C1. The second kappa shape index (κ2) is 4.81. The van der Waals surface area contributed by atoms with Crippen molar-refractivity contribution in [3.63, 3.8) is 0 Å². The normalized spacial score (nSPS) is 34.9. The van der Waals surface area contributed by atoms with Gasteiger partial charge in [-0.3, -0.25) is 4.99 Å². The van der Waals surface area contributed by atoms with Crippen LogP contribution in [-0.4, -0.2) is 48.0 Å². The Balaban J connectivity index is 1.52. The van der Waals surface area contributed by atoms with Crippen molar-refractivity contribution in [1.29, 1.82) is 0 Å². The van der Waals surface area contributed by atoms with Crippen molar-refractivity contribution in [2.24, 2.45) is 10.9 Å². The van der Waals surface area contributed by atoms with Crippen LogP contribution >= 0.6 is 11.8 Å². The molecule has 1 N–H and O–H groups in total. The summed E-state index contributed by atoms with van der Waals surface area (Å²) in [7, 11) is 2.21. The number of aliphatic imine (C=N–C) groups is 1. The molecule has 0 bridgehead atoms. The zero-order chi connectivity index (χ0) is 11.7. The number of hydrogen-bond acceptors (Lipinski definition) is 3. The van der Waals surface area contributed by atoms with E-state index in [-0.39, 0.29) is 0 Å². The number of amidine groups is 1. The molecule has 0 radical (unpaired) electrons. The summed E-state index contributed by atoms with van der Waals surface area (Å²) in [6, 6.07) is 0. The van der Waals surface area contributed by atoms with Gasteiger partial charge in [0.2, 0.25) is 0 Å². The summed E-state index contributed by atoms with van der Waals surface area (Å²) in [6.07, 6.45) is 6.82. The molecule has 17 heavy (non-hydrogen) atoms. The fraction of sp³-hybridized carbons (Fsp3) is 0.923. The van der Waals surface area contributed by atoms with Gasteiger partial charge in [-0.15, -0.1) is 0 Å². The maximum absolute atomic E-state index is 4.80. The molecule has 2 aliphatic heterocycles. The minimum atomic E-state index is 0.427. The molecule has 1 unspecified atom stereocenters. The summed E-state index contributed by atoms with van der Waals surface area (Å²) in [5.41, 5.74) is 0.427. The van der Waals surface area contributed by atoms with Gasteiger partial charge in [0.05, 0.1) is 0 Å². The highest BCUT2D eigenvalue weighted by molar-refractivity contribution is 8.14. The van der Waals surface area contributed by atoms with Crippen LogP contribution in [-0.2, 0) is 0 Å². The summed E-state index contributed by atoms with van der Waals surface area (Å²) in [6.45, 7) is 3.50. The predicted octanol–water partition coefficient (Wildman–Crippen LogP) is 1.94. The average Bonchev–Trinajstić information content (AvgIpc) is 3.01. The molecule has 3 aliphatic rings. The Labute approximate surface area is 108 Å². The highest BCUT2D eigenvalue weighted by Gasteiger charge is 2.39. The van der Waals surface area contributed by atoms with E-state index in [1.165, 1.54) is 56.1 Å². The molecule has 2 heterocycles. The number of likely N-dealkylation sites (tertiary alicyclic amines) is 1. The van der Waals surface area contributed by atoms with Crippen molar-refractivity contribution in [2.45, 2.75) is 37.6 Å². The second-order valence-electron chi connectivity index (χ2n) is 5.96. The van der Waals surface area contributed by atoms with E-state index in [1.807, 2.05) is 11.8 Å². The third-order valence-electron chi connectivity index (χ3n) is 4.40. The van der Waals surface area contributed by atoms with Crippen LogP contribution in [0.3, 0.4) is 0 Å². The first-order valence-electron chi connectivity index (χ1n) is 6.90. The van der Waals surface area contributed by atoms with Crippen LogP contribution in [0.25, 0.3) is 0 Å².